The second kappa shape index (κ2) is 77.8. The molecule has 3 N–H and O–H groups in total. The summed E-state index contributed by atoms with van der Waals surface area (Å²) in [4.78, 5) is 73.1. The number of phosphoric ester groups is 2. The zero-order valence-electron chi connectivity index (χ0n) is 66.1. The molecule has 0 rings (SSSR count). The smallest absolute Gasteiger partial charge is 0.462 e. The average Bonchev–Trinajstić information content (AvgIpc) is 0.907. The van der Waals surface area contributed by atoms with Crippen molar-refractivity contribution >= 4 is 39.5 Å². The van der Waals surface area contributed by atoms with Crippen LogP contribution in [0.15, 0.2) is 158 Å². The summed E-state index contributed by atoms with van der Waals surface area (Å²) in [5, 5.41) is 10.7. The highest BCUT2D eigenvalue weighted by Gasteiger charge is 2.30. The predicted octanol–water partition coefficient (Wildman–Crippen LogP) is 24.0. The number of phosphoric acid groups is 2. The highest BCUT2D eigenvalue weighted by atomic mass is 31.2. The third-order valence-electron chi connectivity index (χ3n) is 16.5. The van der Waals surface area contributed by atoms with E-state index in [4.69, 9.17) is 37.0 Å². The van der Waals surface area contributed by atoms with Crippen LogP contribution < -0.4 is 0 Å². The van der Waals surface area contributed by atoms with Gasteiger partial charge in [0.1, 0.15) is 19.3 Å². The van der Waals surface area contributed by atoms with E-state index < -0.39 is 97.5 Å². The first kappa shape index (κ1) is 101. The monoisotopic (exact) mass is 1520 g/mol. The lowest BCUT2D eigenvalue weighted by molar-refractivity contribution is -0.161. The quantitative estimate of drug-likeness (QED) is 0.0169. The van der Waals surface area contributed by atoms with Crippen LogP contribution in [0, 0.1) is 0 Å². The Balaban J connectivity index is 5.44. The molecule has 0 saturated heterocycles. The van der Waals surface area contributed by atoms with Crippen molar-refractivity contribution in [2.45, 2.75) is 329 Å². The van der Waals surface area contributed by atoms with Crippen molar-refractivity contribution < 1.29 is 80.2 Å². The molecule has 5 unspecified atom stereocenters. The van der Waals surface area contributed by atoms with E-state index >= 15 is 0 Å². The molecule has 0 amide bonds. The van der Waals surface area contributed by atoms with Crippen LogP contribution in [0.5, 0.6) is 0 Å². The Hall–Kier alpha value is -5.32. The number of ether oxygens (including phenoxy) is 4. The number of hydrogen-bond donors (Lipinski definition) is 3. The summed E-state index contributed by atoms with van der Waals surface area (Å²) in [5.74, 6) is -2.27. The number of allylic oxidation sites excluding steroid dienone is 26. The molecule has 0 aromatic heterocycles. The van der Waals surface area contributed by atoms with Crippen molar-refractivity contribution in [3.8, 4) is 0 Å². The third kappa shape index (κ3) is 76.9. The Morgan fingerprint density at radius 2 is 0.491 bits per heavy atom. The van der Waals surface area contributed by atoms with E-state index in [2.05, 4.69) is 186 Å². The van der Waals surface area contributed by atoms with Crippen molar-refractivity contribution in [2.75, 3.05) is 39.6 Å². The molecule has 0 fully saturated rings. The minimum absolute atomic E-state index is 0.0539. The molecular weight excluding hydrogens is 1380 g/mol. The summed E-state index contributed by atoms with van der Waals surface area (Å²) in [6, 6.07) is 0. The number of esters is 4. The van der Waals surface area contributed by atoms with Crippen LogP contribution >= 0.6 is 15.6 Å². The van der Waals surface area contributed by atoms with E-state index in [1.807, 2.05) is 0 Å². The Morgan fingerprint density at radius 3 is 0.764 bits per heavy atom. The lowest BCUT2D eigenvalue weighted by Gasteiger charge is -2.21. The fraction of sp³-hybridized carbons (Fsp3) is 0.655. The maximum Gasteiger partial charge on any atom is 0.472 e. The van der Waals surface area contributed by atoms with E-state index in [0.29, 0.717) is 25.7 Å². The number of rotatable bonds is 75. The Bertz CT molecular complexity index is 2630. The third-order valence-corrected chi connectivity index (χ3v) is 18.4. The van der Waals surface area contributed by atoms with Crippen LogP contribution in [0.1, 0.15) is 310 Å². The normalized spacial score (nSPS) is 14.7. The van der Waals surface area contributed by atoms with Gasteiger partial charge in [-0.1, -0.05) is 295 Å². The van der Waals surface area contributed by atoms with E-state index in [0.717, 1.165) is 180 Å². The lowest BCUT2D eigenvalue weighted by atomic mass is 10.0. The number of hydrogen-bond acceptors (Lipinski definition) is 15. The van der Waals surface area contributed by atoms with Gasteiger partial charge in [0.25, 0.3) is 0 Å². The minimum atomic E-state index is -5.00. The summed E-state index contributed by atoms with van der Waals surface area (Å²) < 4.78 is 68.6. The van der Waals surface area contributed by atoms with Crippen LogP contribution in [-0.4, -0.2) is 96.7 Å². The van der Waals surface area contributed by atoms with Gasteiger partial charge >= 0.3 is 39.5 Å². The van der Waals surface area contributed by atoms with Crippen molar-refractivity contribution in [2.24, 2.45) is 0 Å². The Kier molecular flexibility index (Phi) is 73.9. The molecule has 106 heavy (non-hydrogen) atoms. The first-order chi connectivity index (χ1) is 51.7. The molecule has 0 spiro atoms. The fourth-order valence-electron chi connectivity index (χ4n) is 10.4. The first-order valence-corrected chi connectivity index (χ1v) is 43.7. The second-order valence-electron chi connectivity index (χ2n) is 26.6. The lowest BCUT2D eigenvalue weighted by Crippen LogP contribution is -2.30. The van der Waals surface area contributed by atoms with Crippen molar-refractivity contribution in [1.29, 1.82) is 0 Å². The molecular formula is C87H144O17P2. The van der Waals surface area contributed by atoms with Gasteiger partial charge in [0, 0.05) is 25.7 Å². The highest BCUT2D eigenvalue weighted by molar-refractivity contribution is 7.47. The molecule has 0 bridgehead atoms. The van der Waals surface area contributed by atoms with E-state index in [9.17, 15) is 43.2 Å². The largest absolute Gasteiger partial charge is 0.472 e. The molecule has 17 nitrogen and oxygen atoms in total. The zero-order valence-corrected chi connectivity index (χ0v) is 67.8. The molecule has 604 valence electrons. The fourth-order valence-corrected chi connectivity index (χ4v) is 12.0. The molecule has 5 atom stereocenters. The number of aliphatic hydroxyl groups is 1. The highest BCUT2D eigenvalue weighted by Crippen LogP contribution is 2.45. The number of unbranched alkanes of at least 4 members (excludes halogenated alkanes) is 23. The van der Waals surface area contributed by atoms with Crippen LogP contribution in [0.2, 0.25) is 0 Å². The van der Waals surface area contributed by atoms with Crippen LogP contribution in [0.25, 0.3) is 0 Å². The molecule has 0 aliphatic carbocycles. The van der Waals surface area contributed by atoms with Crippen molar-refractivity contribution in [3.63, 3.8) is 0 Å². The molecule has 0 aliphatic rings. The molecule has 0 aromatic rings. The Morgan fingerprint density at radius 1 is 0.274 bits per heavy atom. The van der Waals surface area contributed by atoms with Crippen molar-refractivity contribution in [1.82, 2.24) is 0 Å². The average molecular weight is 1520 g/mol. The van der Waals surface area contributed by atoms with Gasteiger partial charge < -0.3 is 33.8 Å². The van der Waals surface area contributed by atoms with Gasteiger partial charge in [0.2, 0.25) is 0 Å². The van der Waals surface area contributed by atoms with Crippen molar-refractivity contribution in [3.05, 3.63) is 158 Å². The Labute approximate surface area is 642 Å². The maximum atomic E-state index is 13.1. The molecule has 0 radical (unpaired) electrons. The van der Waals surface area contributed by atoms with E-state index in [1.54, 1.807) is 0 Å². The van der Waals surface area contributed by atoms with Gasteiger partial charge in [0.05, 0.1) is 26.4 Å². The van der Waals surface area contributed by atoms with Gasteiger partial charge in [-0.25, -0.2) is 9.13 Å². The van der Waals surface area contributed by atoms with Gasteiger partial charge in [-0.3, -0.25) is 37.3 Å². The standard InChI is InChI=1S/C87H144O17P2/c1-5-9-13-17-21-25-29-33-36-39-40-43-45-49-52-56-60-64-68-72-85(90)98-78-83(104-87(92)74-70-66-62-58-54-50-46-42-38-35-31-27-23-19-15-11-7-3)80-102-106(95,96)100-76-81(88)75-99-105(93,94)101-79-82(103-86(91)73-69-65-61-57-53-47-32-28-24-20-16-12-8-4)77-97-84(89)71-67-63-59-55-51-48-44-41-37-34-30-26-22-18-14-10-6-2/h9-11,13-15,21-23,25-27,33-38,40,43-44,46,48-50,52,81-83,88H,5-8,12,16-20,24,28-32,39,41-42,45,47,51,53-80H2,1-4H3,(H,93,94)(H,95,96)/b13-9-,14-10-,15-11-,25-21-,26-22-,27-23-,36-33-,37-34-,38-35-,43-40-,48-44-,50-46-,52-49-. The molecule has 0 aliphatic heterocycles. The number of carbonyl (C=O) groups excluding carboxylic acids is 4. The summed E-state index contributed by atoms with van der Waals surface area (Å²) in [5.41, 5.74) is 0. The topological polar surface area (TPSA) is 237 Å². The summed E-state index contributed by atoms with van der Waals surface area (Å²) in [6.45, 7) is 4.45. The minimum Gasteiger partial charge on any atom is -0.462 e. The molecule has 0 heterocycles. The van der Waals surface area contributed by atoms with Crippen LogP contribution in [-0.2, 0) is 65.4 Å². The number of aliphatic hydroxyl groups excluding tert-OH is 1. The first-order valence-electron chi connectivity index (χ1n) is 40.7. The summed E-state index contributed by atoms with van der Waals surface area (Å²) >= 11 is 0. The van der Waals surface area contributed by atoms with E-state index in [-0.39, 0.29) is 25.7 Å². The molecule has 19 heteroatoms. The summed E-state index contributed by atoms with van der Waals surface area (Å²) in [6.07, 6.45) is 90.7. The maximum absolute atomic E-state index is 13.1. The van der Waals surface area contributed by atoms with Crippen LogP contribution in [0.3, 0.4) is 0 Å². The zero-order chi connectivity index (χ0) is 77.4. The van der Waals surface area contributed by atoms with Crippen LogP contribution in [0.4, 0.5) is 0 Å². The van der Waals surface area contributed by atoms with Gasteiger partial charge in [0.15, 0.2) is 12.2 Å². The predicted molar refractivity (Wildman–Crippen MR) is 436 cm³/mol. The van der Waals surface area contributed by atoms with E-state index in [1.165, 1.54) is 51.4 Å². The summed E-state index contributed by atoms with van der Waals surface area (Å²) in [7, 11) is -9.99. The van der Waals surface area contributed by atoms with Gasteiger partial charge in [-0.15, -0.1) is 0 Å². The molecule has 0 saturated carbocycles. The van der Waals surface area contributed by atoms with Gasteiger partial charge in [-0.05, 0) is 148 Å². The second-order valence-corrected chi connectivity index (χ2v) is 29.5. The van der Waals surface area contributed by atoms with Gasteiger partial charge in [-0.2, -0.15) is 0 Å². The molecule has 0 aromatic carbocycles. The number of carbonyl (C=O) groups is 4. The SMILES string of the molecule is CC/C=C\C/C=C\C/C=C\C/C=C\C/C=C\CCCCCC(=O)OCC(COP(=O)(O)OCC(O)COP(=O)(O)OCC(COC(=O)CCCCCC/C=C\C/C=C\C/C=C\C/C=C\CC)OC(=O)CCCCCCCCCCCCCCC)OC(=O)CCCCCC/C=C\C/C=C\C/C=C\C/C=C\CC.